The molecule has 0 aliphatic rings. The third-order valence-corrected chi connectivity index (χ3v) is 2.46. The smallest absolute Gasteiger partial charge is 0.423 e. The molecule has 1 rings (SSSR count). The van der Waals surface area contributed by atoms with Crippen LogP contribution in [0.25, 0.3) is 0 Å². The lowest BCUT2D eigenvalue weighted by atomic mass is 10.2. The highest BCUT2D eigenvalue weighted by atomic mass is 32.2. The minimum Gasteiger partial charge on any atom is -0.452 e. The van der Waals surface area contributed by atoms with Crippen molar-refractivity contribution < 1.29 is 17.9 Å². The Morgan fingerprint density at radius 3 is 2.40 bits per heavy atom. The molecule has 0 saturated heterocycles. The van der Waals surface area contributed by atoms with Gasteiger partial charge in [-0.25, -0.2) is 17.5 Å². The van der Waals surface area contributed by atoms with Crippen LogP contribution in [0, 0.1) is 0 Å². The van der Waals surface area contributed by atoms with Gasteiger partial charge in [-0.3, -0.25) is 0 Å². The minimum atomic E-state index is -2.97. The topological polar surface area (TPSA) is 63.7 Å². The Morgan fingerprint density at radius 1 is 1.33 bits per heavy atom. The van der Waals surface area contributed by atoms with Crippen LogP contribution in [0.2, 0.25) is 0 Å². The fourth-order valence-corrected chi connectivity index (χ4v) is 1.54. The Kier molecular flexibility index (Phi) is 4.11. The fraction of sp³-hybridized carbons (Fsp3) is 0.222. The van der Waals surface area contributed by atoms with Crippen molar-refractivity contribution in [3.05, 3.63) is 35.9 Å². The first-order valence-corrected chi connectivity index (χ1v) is 5.32. The van der Waals surface area contributed by atoms with E-state index in [0.717, 1.165) is 12.7 Å². The zero-order valence-corrected chi connectivity index (χ0v) is 9.02. The van der Waals surface area contributed by atoms with E-state index in [9.17, 15) is 13.2 Å². The Morgan fingerprint density at radius 2 is 1.93 bits per heavy atom. The molecule has 0 bridgehead atoms. The normalized spacial score (nSPS) is 10.0. The van der Waals surface area contributed by atoms with Gasteiger partial charge in [-0.15, -0.1) is 0 Å². The summed E-state index contributed by atoms with van der Waals surface area (Å²) in [7, 11) is -1.84. The van der Waals surface area contributed by atoms with Gasteiger partial charge in [0.15, 0.2) is 0 Å². The summed E-state index contributed by atoms with van der Waals surface area (Å²) in [6.45, 7) is -0.00772. The Bertz CT molecular complexity index is 394. The predicted molar refractivity (Wildman–Crippen MR) is 54.7 cm³/mol. The maximum absolute atomic E-state index is 11.1. The van der Waals surface area contributed by atoms with E-state index in [1.165, 1.54) is 0 Å². The number of nitrogens with zero attached hydrogens (tertiary/aromatic N) is 1. The molecule has 0 N–H and O–H groups in total. The van der Waals surface area contributed by atoms with Gasteiger partial charge in [-0.1, -0.05) is 30.3 Å². The molecule has 0 atom stereocenters. The molecular formula is C9H11NO4S. The lowest BCUT2D eigenvalue weighted by molar-refractivity contribution is 0.148. The second-order valence-electron chi connectivity index (χ2n) is 2.75. The van der Waals surface area contributed by atoms with E-state index < -0.39 is 17.0 Å². The van der Waals surface area contributed by atoms with E-state index in [1.807, 2.05) is 6.07 Å². The number of ether oxygens (including phenoxy) is 1. The maximum Gasteiger partial charge on any atom is 0.423 e. The van der Waals surface area contributed by atoms with Crippen LogP contribution >= 0.6 is 0 Å². The molecule has 0 spiro atoms. The van der Waals surface area contributed by atoms with Crippen molar-refractivity contribution >= 4 is 17.0 Å². The van der Waals surface area contributed by atoms with Crippen LogP contribution in [0.3, 0.4) is 0 Å². The van der Waals surface area contributed by atoms with Gasteiger partial charge in [0.25, 0.3) is 0 Å². The van der Waals surface area contributed by atoms with Gasteiger partial charge < -0.3 is 4.74 Å². The molecule has 0 aromatic heterocycles. The first-order valence-electron chi connectivity index (χ1n) is 4.19. The van der Waals surface area contributed by atoms with Crippen molar-refractivity contribution in [2.75, 3.05) is 7.11 Å². The summed E-state index contributed by atoms with van der Waals surface area (Å²) >= 11 is 0. The highest BCUT2D eigenvalue weighted by Crippen LogP contribution is 2.05. The molecule has 15 heavy (non-hydrogen) atoms. The molecule has 0 heterocycles. The third-order valence-electron chi connectivity index (χ3n) is 1.76. The van der Waals surface area contributed by atoms with Crippen LogP contribution in [0.15, 0.2) is 30.3 Å². The van der Waals surface area contributed by atoms with Crippen molar-refractivity contribution in [3.63, 3.8) is 0 Å². The van der Waals surface area contributed by atoms with E-state index >= 15 is 0 Å². The lowest BCUT2D eigenvalue weighted by Crippen LogP contribution is -2.28. The number of thiol groups is 1. The summed E-state index contributed by atoms with van der Waals surface area (Å²) in [6, 6.07) is 8.80. The quantitative estimate of drug-likeness (QED) is 0.778. The second kappa shape index (κ2) is 5.35. The molecule has 1 aromatic carbocycles. The van der Waals surface area contributed by atoms with Gasteiger partial charge >= 0.3 is 6.09 Å². The zero-order valence-electron chi connectivity index (χ0n) is 8.12. The monoisotopic (exact) mass is 229 g/mol. The van der Waals surface area contributed by atoms with E-state index in [1.54, 1.807) is 24.3 Å². The molecule has 0 aliphatic heterocycles. The molecular weight excluding hydrogens is 218 g/mol. The zero-order chi connectivity index (χ0) is 11.3. The Labute approximate surface area is 89.4 Å². The molecule has 5 nitrogen and oxygen atoms in total. The first-order chi connectivity index (χ1) is 7.15. The summed E-state index contributed by atoms with van der Waals surface area (Å²) in [5.41, 5.74) is 0.724. The van der Waals surface area contributed by atoms with Crippen molar-refractivity contribution in [2.45, 2.75) is 6.54 Å². The number of hydrogen-bond donors (Lipinski definition) is 1. The van der Waals surface area contributed by atoms with E-state index in [2.05, 4.69) is 4.74 Å². The average molecular weight is 229 g/mol. The number of hydrogen-bond acceptors (Lipinski definition) is 4. The van der Waals surface area contributed by atoms with Crippen LogP contribution in [0.1, 0.15) is 5.56 Å². The van der Waals surface area contributed by atoms with Crippen LogP contribution in [0.5, 0.6) is 0 Å². The molecule has 0 saturated carbocycles. The largest absolute Gasteiger partial charge is 0.452 e. The van der Waals surface area contributed by atoms with Crippen molar-refractivity contribution in [1.82, 2.24) is 4.31 Å². The number of carbonyl (C=O) groups excluding carboxylic acids is 1. The summed E-state index contributed by atoms with van der Waals surface area (Å²) < 4.78 is 26.5. The van der Waals surface area contributed by atoms with E-state index in [4.69, 9.17) is 0 Å². The fourth-order valence-electron chi connectivity index (χ4n) is 1.05. The van der Waals surface area contributed by atoms with E-state index in [0.29, 0.717) is 4.31 Å². The van der Waals surface area contributed by atoms with Crippen molar-refractivity contribution in [2.24, 2.45) is 0 Å². The van der Waals surface area contributed by atoms with Crippen LogP contribution in [0.4, 0.5) is 4.79 Å². The molecule has 6 heteroatoms. The lowest BCUT2D eigenvalue weighted by Gasteiger charge is -2.13. The van der Waals surface area contributed by atoms with Gasteiger partial charge in [0.2, 0.25) is 10.9 Å². The summed E-state index contributed by atoms with van der Waals surface area (Å²) in [4.78, 5) is 11.1. The molecule has 82 valence electrons. The molecule has 0 radical (unpaired) electrons. The molecule has 0 unspecified atom stereocenters. The Hall–Kier alpha value is -1.56. The van der Waals surface area contributed by atoms with Crippen LogP contribution in [-0.2, 0) is 22.2 Å². The van der Waals surface area contributed by atoms with Crippen molar-refractivity contribution in [1.29, 1.82) is 0 Å². The SMILES string of the molecule is COC(=O)N(Cc1ccccc1)[SH](=O)=O. The van der Waals surface area contributed by atoms with Gasteiger partial charge in [0.1, 0.15) is 0 Å². The number of rotatable bonds is 3. The standard InChI is InChI=1S/C9H11NO4S/c1-14-9(11)10(15(12)13)7-8-5-3-2-4-6-8/h2-6,15H,7H2,1H3. The average Bonchev–Trinajstić information content (AvgIpc) is 2.26. The molecule has 1 aromatic rings. The first kappa shape index (κ1) is 11.5. The van der Waals surface area contributed by atoms with Crippen molar-refractivity contribution in [3.8, 4) is 0 Å². The van der Waals surface area contributed by atoms with Gasteiger partial charge in [-0.2, -0.15) is 0 Å². The third kappa shape index (κ3) is 3.25. The van der Waals surface area contributed by atoms with Crippen LogP contribution in [-0.4, -0.2) is 25.9 Å². The summed E-state index contributed by atoms with van der Waals surface area (Å²) in [5.74, 6) is 0. The summed E-state index contributed by atoms with van der Waals surface area (Å²) in [5, 5.41) is 0. The number of amides is 1. The molecule has 0 fully saturated rings. The molecule has 1 amide bonds. The minimum absolute atomic E-state index is 0.00772. The van der Waals surface area contributed by atoms with Gasteiger partial charge in [-0.05, 0) is 5.56 Å². The predicted octanol–water partition coefficient (Wildman–Crippen LogP) is 0.781. The highest BCUT2D eigenvalue weighted by molar-refractivity contribution is 7.70. The highest BCUT2D eigenvalue weighted by Gasteiger charge is 2.16. The summed E-state index contributed by atoms with van der Waals surface area (Å²) in [6.07, 6.45) is -0.880. The van der Waals surface area contributed by atoms with E-state index in [-0.39, 0.29) is 6.54 Å². The Balaban J connectivity index is 2.81. The van der Waals surface area contributed by atoms with Gasteiger partial charge in [0.05, 0.1) is 13.7 Å². The number of carbonyl (C=O) groups is 1. The van der Waals surface area contributed by atoms with Gasteiger partial charge in [0, 0.05) is 0 Å². The maximum atomic E-state index is 11.1. The molecule has 0 aliphatic carbocycles. The second-order valence-corrected chi connectivity index (χ2v) is 3.71. The number of methoxy groups -OCH3 is 1. The number of benzene rings is 1. The van der Waals surface area contributed by atoms with Crippen LogP contribution < -0.4 is 0 Å².